The van der Waals surface area contributed by atoms with Gasteiger partial charge in [-0.15, -0.1) is 28.2 Å². The number of ether oxygens (including phenoxy) is 2. The molecule has 10 nitrogen and oxygen atoms in total. The zero-order valence-electron chi connectivity index (χ0n) is 38.8. The molecule has 8 rings (SSSR count). The van der Waals surface area contributed by atoms with E-state index in [9.17, 15) is 4.79 Å². The SMILES string of the molecule is CSc1nc(N2CC3CCC(C2)N3C(=O)OC(C)(C)C)c2c(n1)sc1c(-c3c4cnn(COCC[Si](C)(C)C)c4cc4scc(C#C[Si](C(C)C)(C(C)C)C(C)C)c34)nccc12. The third kappa shape index (κ3) is 8.33. The Balaban J connectivity index is 1.30. The van der Waals surface area contributed by atoms with Crippen LogP contribution in [0.1, 0.15) is 80.7 Å². The average molecular weight is 926 g/mol. The second kappa shape index (κ2) is 17.1. The molecule has 15 heteroatoms. The van der Waals surface area contributed by atoms with Gasteiger partial charge in [0, 0.05) is 71.3 Å². The van der Waals surface area contributed by atoms with Crippen molar-refractivity contribution in [3.8, 4) is 22.7 Å². The smallest absolute Gasteiger partial charge is 0.410 e. The highest BCUT2D eigenvalue weighted by molar-refractivity contribution is 7.98. The summed E-state index contributed by atoms with van der Waals surface area (Å²) in [6.45, 7) is 29.7. The number of amides is 1. The number of rotatable bonds is 11. The number of hydrogen-bond donors (Lipinski definition) is 0. The van der Waals surface area contributed by atoms with Gasteiger partial charge < -0.3 is 14.4 Å². The summed E-state index contributed by atoms with van der Waals surface area (Å²) in [4.78, 5) is 34.4. The summed E-state index contributed by atoms with van der Waals surface area (Å²) in [7, 11) is -3.27. The van der Waals surface area contributed by atoms with E-state index in [1.165, 1.54) is 0 Å². The first kappa shape index (κ1) is 45.1. The van der Waals surface area contributed by atoms with Crippen molar-refractivity contribution in [2.24, 2.45) is 0 Å². The Kier molecular flexibility index (Phi) is 12.4. The predicted molar refractivity (Wildman–Crippen MR) is 268 cm³/mol. The zero-order chi connectivity index (χ0) is 44.5. The van der Waals surface area contributed by atoms with Crippen LogP contribution >= 0.6 is 34.4 Å². The molecule has 5 aromatic heterocycles. The second-order valence-corrected chi connectivity index (χ2v) is 34.3. The molecule has 330 valence electrons. The lowest BCUT2D eigenvalue weighted by atomic mass is 9.98. The number of thioether (sulfide) groups is 1. The minimum absolute atomic E-state index is 0.0532. The summed E-state index contributed by atoms with van der Waals surface area (Å²) >= 11 is 5.00. The van der Waals surface area contributed by atoms with Gasteiger partial charge in [0.05, 0.1) is 39.6 Å². The molecule has 2 atom stereocenters. The van der Waals surface area contributed by atoms with E-state index in [-0.39, 0.29) is 18.2 Å². The van der Waals surface area contributed by atoms with Gasteiger partial charge in [-0.05, 0) is 74.7 Å². The van der Waals surface area contributed by atoms with E-state index >= 15 is 0 Å². The number of pyridine rings is 1. The molecule has 0 radical (unpaired) electrons. The summed E-state index contributed by atoms with van der Waals surface area (Å²) in [5.74, 6) is 4.78. The van der Waals surface area contributed by atoms with Crippen molar-refractivity contribution in [2.75, 3.05) is 30.9 Å². The zero-order valence-corrected chi connectivity index (χ0v) is 43.3. The van der Waals surface area contributed by atoms with Crippen LogP contribution in [-0.4, -0.2) is 95.5 Å². The molecule has 0 saturated carbocycles. The van der Waals surface area contributed by atoms with E-state index in [0.717, 1.165) is 94.6 Å². The van der Waals surface area contributed by atoms with Crippen LogP contribution in [-0.2, 0) is 16.2 Å². The Morgan fingerprint density at radius 2 is 1.69 bits per heavy atom. The molecule has 62 heavy (non-hydrogen) atoms. The average Bonchev–Trinajstić information content (AvgIpc) is 3.96. The Morgan fingerprint density at radius 1 is 1.00 bits per heavy atom. The number of carbonyl (C=O) groups is 1. The third-order valence-corrected chi connectivity index (χ3v) is 23.6. The van der Waals surface area contributed by atoms with Crippen LogP contribution in [0.5, 0.6) is 0 Å². The summed E-state index contributed by atoms with van der Waals surface area (Å²) in [6, 6.07) is 5.62. The van der Waals surface area contributed by atoms with Crippen LogP contribution in [0, 0.1) is 11.5 Å². The van der Waals surface area contributed by atoms with Crippen molar-refractivity contribution in [3.63, 3.8) is 0 Å². The molecule has 2 saturated heterocycles. The van der Waals surface area contributed by atoms with Crippen molar-refractivity contribution in [1.29, 1.82) is 0 Å². The molecule has 2 aliphatic heterocycles. The number of thiophene rings is 2. The fourth-order valence-corrected chi connectivity index (χ4v) is 18.5. The van der Waals surface area contributed by atoms with Crippen LogP contribution in [0.25, 0.3) is 52.5 Å². The van der Waals surface area contributed by atoms with Gasteiger partial charge in [0.1, 0.15) is 31.1 Å². The van der Waals surface area contributed by atoms with Crippen molar-refractivity contribution in [3.05, 3.63) is 35.5 Å². The van der Waals surface area contributed by atoms with Gasteiger partial charge in [-0.3, -0.25) is 9.88 Å². The normalized spacial score (nSPS) is 17.5. The number of hydrogen-bond acceptors (Lipinski definition) is 11. The van der Waals surface area contributed by atoms with E-state index in [4.69, 9.17) is 29.5 Å². The molecule has 1 aromatic carbocycles. The van der Waals surface area contributed by atoms with E-state index in [1.807, 2.05) is 49.0 Å². The Bertz CT molecular complexity index is 2680. The fraction of sp³-hybridized carbons (Fsp3) is 0.553. The number of carbonyl (C=O) groups excluding carboxylic acids is 1. The van der Waals surface area contributed by atoms with Gasteiger partial charge in [-0.25, -0.2) is 19.4 Å². The van der Waals surface area contributed by atoms with E-state index in [0.29, 0.717) is 36.4 Å². The first-order chi connectivity index (χ1) is 29.3. The van der Waals surface area contributed by atoms with Crippen molar-refractivity contribution >= 4 is 104 Å². The van der Waals surface area contributed by atoms with Gasteiger partial charge in [0.25, 0.3) is 0 Å². The maximum Gasteiger partial charge on any atom is 0.410 e. The van der Waals surface area contributed by atoms with Crippen molar-refractivity contribution in [2.45, 2.75) is 147 Å². The van der Waals surface area contributed by atoms with Crippen LogP contribution in [0.3, 0.4) is 0 Å². The maximum absolute atomic E-state index is 13.4. The summed E-state index contributed by atoms with van der Waals surface area (Å²) in [5.41, 5.74) is 9.12. The van der Waals surface area contributed by atoms with Crippen LogP contribution in [0.4, 0.5) is 10.6 Å². The highest BCUT2D eigenvalue weighted by Crippen LogP contribution is 2.48. The Morgan fingerprint density at radius 3 is 2.32 bits per heavy atom. The minimum Gasteiger partial charge on any atom is -0.444 e. The lowest BCUT2D eigenvalue weighted by Crippen LogP contribution is -2.57. The molecule has 0 N–H and O–H groups in total. The fourth-order valence-electron chi connectivity index (χ4n) is 10.1. The first-order valence-corrected chi connectivity index (χ1v) is 31.1. The molecule has 2 unspecified atom stereocenters. The molecule has 1 amide bonds. The van der Waals surface area contributed by atoms with Gasteiger partial charge in [0.2, 0.25) is 0 Å². The number of piperazine rings is 1. The van der Waals surface area contributed by atoms with Gasteiger partial charge in [-0.1, -0.05) is 78.9 Å². The summed E-state index contributed by atoms with van der Waals surface area (Å²) in [6.07, 6.45) is 7.65. The van der Waals surface area contributed by atoms with Gasteiger partial charge in [0.15, 0.2) is 5.16 Å². The van der Waals surface area contributed by atoms with Gasteiger partial charge >= 0.3 is 6.09 Å². The minimum atomic E-state index is -2.03. The molecule has 2 fully saturated rings. The number of fused-ring (bicyclic) bond motifs is 7. The number of benzene rings is 1. The quantitative estimate of drug-likeness (QED) is 0.0413. The van der Waals surface area contributed by atoms with Crippen molar-refractivity contribution < 1.29 is 14.3 Å². The Labute approximate surface area is 381 Å². The maximum atomic E-state index is 13.4. The molecule has 6 aromatic rings. The Hall–Kier alpha value is -3.53. The number of anilines is 1. The van der Waals surface area contributed by atoms with Crippen LogP contribution in [0.15, 0.2) is 35.1 Å². The number of nitrogens with zero attached hydrogens (tertiary/aromatic N) is 7. The first-order valence-electron chi connectivity index (χ1n) is 22.2. The van der Waals surface area contributed by atoms with Gasteiger partial charge in [-0.2, -0.15) is 5.10 Å². The molecular formula is C47H63N7O3S3Si2. The predicted octanol–water partition coefficient (Wildman–Crippen LogP) is 12.7. The second-order valence-electron chi connectivity index (χ2n) is 20.4. The molecule has 2 bridgehead atoms. The monoisotopic (exact) mass is 925 g/mol. The lowest BCUT2D eigenvalue weighted by molar-refractivity contribution is 0.0123. The lowest BCUT2D eigenvalue weighted by Gasteiger charge is -2.42. The third-order valence-electron chi connectivity index (χ3n) is 13.0. The highest BCUT2D eigenvalue weighted by atomic mass is 32.2. The topological polar surface area (TPSA) is 98.5 Å². The molecule has 2 aliphatic rings. The highest BCUT2D eigenvalue weighted by Gasteiger charge is 2.45. The van der Waals surface area contributed by atoms with Crippen LogP contribution < -0.4 is 4.90 Å². The molecular weight excluding hydrogens is 863 g/mol. The molecule has 0 spiro atoms. The summed E-state index contributed by atoms with van der Waals surface area (Å²) < 4.78 is 16.4. The van der Waals surface area contributed by atoms with Crippen molar-refractivity contribution in [1.82, 2.24) is 29.6 Å². The van der Waals surface area contributed by atoms with E-state index < -0.39 is 21.7 Å². The molecule has 0 aliphatic carbocycles. The van der Waals surface area contributed by atoms with Crippen LogP contribution in [0.2, 0.25) is 42.3 Å². The largest absolute Gasteiger partial charge is 0.444 e. The number of aromatic nitrogens is 5. The van der Waals surface area contributed by atoms with E-state index in [1.54, 1.807) is 34.4 Å². The standard InChI is InChI=1S/C47H63N7O3S3Si2/c1-28(2)62(29(3)4,30(5)6)20-17-31-26-59-37-22-36-35(23-49-53(36)27-56-19-21-61(11,12)13)39(38(31)37)41-42-34(16-18-48-41)40-43(50-45(58-10)51-44(40)60-42)52-24-32-14-15-33(25-52)54(32)46(55)57-47(7,8)9/h16,18,22-23,26,28-30,32-33H,14-15,19,21,24-25,27H2,1-13H3. The van der Waals surface area contributed by atoms with E-state index in [2.05, 4.69) is 95.1 Å². The summed E-state index contributed by atoms with van der Waals surface area (Å²) in [5, 5.41) is 12.3. The molecule has 7 heterocycles.